The fraction of sp³-hybridized carbons (Fsp3) is 0.263. The highest BCUT2D eigenvalue weighted by Crippen LogP contribution is 2.27. The van der Waals surface area contributed by atoms with Crippen LogP contribution in [0, 0.1) is 6.92 Å². The van der Waals surface area contributed by atoms with Gasteiger partial charge >= 0.3 is 5.97 Å². The van der Waals surface area contributed by atoms with Gasteiger partial charge in [0.1, 0.15) is 16.3 Å². The summed E-state index contributed by atoms with van der Waals surface area (Å²) in [5.74, 6) is -0.805. The zero-order valence-electron chi connectivity index (χ0n) is 15.6. The van der Waals surface area contributed by atoms with Crippen molar-refractivity contribution < 1.29 is 14.3 Å². The van der Waals surface area contributed by atoms with E-state index in [1.54, 1.807) is 31.7 Å². The highest BCUT2D eigenvalue weighted by atomic mass is 32.2. The minimum absolute atomic E-state index is 0.171. The smallest absolute Gasteiger partial charge is 0.348 e. The van der Waals surface area contributed by atoms with E-state index in [9.17, 15) is 14.4 Å². The monoisotopic (exact) mass is 417 g/mol. The molecule has 0 radical (unpaired) electrons. The van der Waals surface area contributed by atoms with Crippen molar-refractivity contribution in [3.63, 3.8) is 0 Å². The van der Waals surface area contributed by atoms with Crippen LogP contribution < -0.4 is 10.9 Å². The summed E-state index contributed by atoms with van der Waals surface area (Å²) in [4.78, 5) is 43.3. The average molecular weight is 418 g/mol. The van der Waals surface area contributed by atoms with Crippen molar-refractivity contribution in [2.75, 3.05) is 18.2 Å². The quantitative estimate of drug-likeness (QED) is 0.489. The summed E-state index contributed by atoms with van der Waals surface area (Å²) < 4.78 is 6.27. The molecule has 0 aliphatic heterocycles. The molecule has 0 spiro atoms. The molecule has 0 unspecified atom stereocenters. The Labute approximate surface area is 169 Å². The van der Waals surface area contributed by atoms with Crippen LogP contribution in [0.2, 0.25) is 0 Å². The number of benzene rings is 1. The lowest BCUT2D eigenvalue weighted by Crippen LogP contribution is -2.27. The van der Waals surface area contributed by atoms with Gasteiger partial charge in [-0.15, -0.1) is 23.1 Å². The molecule has 1 amide bonds. The molecule has 146 valence electrons. The highest BCUT2D eigenvalue weighted by Gasteiger charge is 2.20. The number of hydrogen-bond donors (Lipinski definition) is 1. The molecule has 28 heavy (non-hydrogen) atoms. The molecule has 1 N–H and O–H groups in total. The average Bonchev–Trinajstić information content (AvgIpc) is 3.01. The van der Waals surface area contributed by atoms with E-state index in [0.717, 1.165) is 16.2 Å². The first-order valence-corrected chi connectivity index (χ1v) is 10.6. The van der Waals surface area contributed by atoms with Crippen LogP contribution in [0.5, 0.6) is 0 Å². The van der Waals surface area contributed by atoms with E-state index < -0.39 is 5.97 Å². The predicted molar refractivity (Wildman–Crippen MR) is 111 cm³/mol. The first-order chi connectivity index (χ1) is 13.4. The third-order valence-corrected chi connectivity index (χ3v) is 5.95. The van der Waals surface area contributed by atoms with Gasteiger partial charge in [-0.3, -0.25) is 14.2 Å². The molecule has 0 aliphatic rings. The molecule has 2 heterocycles. The van der Waals surface area contributed by atoms with Crippen LogP contribution in [0.25, 0.3) is 10.2 Å². The predicted octanol–water partition coefficient (Wildman–Crippen LogP) is 3.30. The number of carbonyl (C=O) groups excluding carboxylic acids is 2. The van der Waals surface area contributed by atoms with Gasteiger partial charge in [-0.25, -0.2) is 9.78 Å². The normalized spacial score (nSPS) is 10.8. The number of carbonyl (C=O) groups is 2. The number of thioether (sulfide) groups is 1. The van der Waals surface area contributed by atoms with E-state index in [1.165, 1.54) is 10.9 Å². The van der Waals surface area contributed by atoms with Crippen LogP contribution in [-0.4, -0.2) is 34.3 Å². The fourth-order valence-corrected chi connectivity index (χ4v) is 4.21. The van der Waals surface area contributed by atoms with Crippen molar-refractivity contribution >= 4 is 50.9 Å². The minimum Gasteiger partial charge on any atom is -0.462 e. The minimum atomic E-state index is -0.472. The number of nitrogens with zero attached hydrogens (tertiary/aromatic N) is 2. The number of anilines is 1. The van der Waals surface area contributed by atoms with Crippen LogP contribution in [0.1, 0.15) is 22.2 Å². The zero-order chi connectivity index (χ0) is 20.3. The Hall–Kier alpha value is -2.65. The topological polar surface area (TPSA) is 90.3 Å². The second-order valence-corrected chi connectivity index (χ2v) is 7.79. The molecule has 3 rings (SSSR count). The molecule has 0 aliphatic carbocycles. The van der Waals surface area contributed by atoms with Crippen LogP contribution in [0.15, 0.2) is 40.3 Å². The number of hydrogen-bond acceptors (Lipinski definition) is 7. The summed E-state index contributed by atoms with van der Waals surface area (Å²) in [6, 6.07) is 7.45. The van der Waals surface area contributed by atoms with Gasteiger partial charge in [0.2, 0.25) is 5.91 Å². The highest BCUT2D eigenvalue weighted by molar-refractivity contribution is 7.98. The lowest BCUT2D eigenvalue weighted by atomic mass is 10.2. The van der Waals surface area contributed by atoms with Gasteiger partial charge in [0.25, 0.3) is 5.56 Å². The van der Waals surface area contributed by atoms with E-state index in [2.05, 4.69) is 10.3 Å². The number of rotatable bonds is 6. The second-order valence-electron chi connectivity index (χ2n) is 5.91. The van der Waals surface area contributed by atoms with E-state index in [1.807, 2.05) is 24.5 Å². The van der Waals surface area contributed by atoms with Gasteiger partial charge < -0.3 is 10.1 Å². The first-order valence-electron chi connectivity index (χ1n) is 8.54. The van der Waals surface area contributed by atoms with Crippen molar-refractivity contribution in [1.29, 1.82) is 0 Å². The Bertz CT molecular complexity index is 1100. The maximum atomic E-state index is 12.8. The Morgan fingerprint density at radius 1 is 1.36 bits per heavy atom. The van der Waals surface area contributed by atoms with Gasteiger partial charge in [-0.05, 0) is 43.9 Å². The summed E-state index contributed by atoms with van der Waals surface area (Å²) in [7, 11) is 0. The van der Waals surface area contributed by atoms with E-state index in [4.69, 9.17) is 4.74 Å². The maximum Gasteiger partial charge on any atom is 0.348 e. The standard InChI is InChI=1S/C19H19N3O4S2/c1-4-26-19(25)16-11(2)15-17(28-16)20-10-22(18(15)24)9-14(23)21-12-6-5-7-13(8-12)27-3/h5-8,10H,4,9H2,1-3H3,(H,21,23). The van der Waals surface area contributed by atoms with E-state index >= 15 is 0 Å². The summed E-state index contributed by atoms with van der Waals surface area (Å²) in [5.41, 5.74) is 0.830. The number of aryl methyl sites for hydroxylation is 1. The molecular weight excluding hydrogens is 398 g/mol. The summed E-state index contributed by atoms with van der Waals surface area (Å²) in [6.45, 7) is 3.49. The largest absolute Gasteiger partial charge is 0.462 e. The van der Waals surface area contributed by atoms with Crippen molar-refractivity contribution in [2.45, 2.75) is 25.3 Å². The molecule has 0 saturated heterocycles. The number of nitrogens with one attached hydrogen (secondary N) is 1. The number of ether oxygens (including phenoxy) is 1. The Balaban J connectivity index is 1.86. The fourth-order valence-electron chi connectivity index (χ4n) is 2.72. The number of aromatic nitrogens is 2. The lowest BCUT2D eigenvalue weighted by Gasteiger charge is -2.08. The maximum absolute atomic E-state index is 12.8. The van der Waals surface area contributed by atoms with Crippen LogP contribution in [0.4, 0.5) is 5.69 Å². The summed E-state index contributed by atoms with van der Waals surface area (Å²) >= 11 is 2.69. The van der Waals surface area contributed by atoms with Gasteiger partial charge in [0.05, 0.1) is 18.3 Å². The van der Waals surface area contributed by atoms with Crippen LogP contribution in [-0.2, 0) is 16.1 Å². The van der Waals surface area contributed by atoms with E-state index in [-0.39, 0.29) is 24.6 Å². The Kier molecular flexibility index (Phi) is 6.15. The zero-order valence-corrected chi connectivity index (χ0v) is 17.3. The van der Waals surface area contributed by atoms with Crippen molar-refractivity contribution in [3.05, 3.63) is 51.4 Å². The second kappa shape index (κ2) is 8.57. The third-order valence-electron chi connectivity index (χ3n) is 4.05. The Morgan fingerprint density at radius 3 is 2.86 bits per heavy atom. The molecule has 2 aromatic heterocycles. The van der Waals surface area contributed by atoms with Crippen molar-refractivity contribution in [1.82, 2.24) is 9.55 Å². The number of amides is 1. The van der Waals surface area contributed by atoms with Crippen molar-refractivity contribution in [2.24, 2.45) is 0 Å². The SMILES string of the molecule is CCOC(=O)c1sc2ncn(CC(=O)Nc3cccc(SC)c3)c(=O)c2c1C. The molecule has 0 atom stereocenters. The molecular formula is C19H19N3O4S2. The van der Waals surface area contributed by atoms with Gasteiger partial charge in [0.15, 0.2) is 0 Å². The number of thiophene rings is 1. The first kappa shape index (κ1) is 20.1. The summed E-state index contributed by atoms with van der Waals surface area (Å²) in [6.07, 6.45) is 3.28. The molecule has 7 nitrogen and oxygen atoms in total. The van der Waals surface area contributed by atoms with Gasteiger partial charge in [-0.2, -0.15) is 0 Å². The summed E-state index contributed by atoms with van der Waals surface area (Å²) in [5, 5.41) is 3.12. The molecule has 0 bridgehead atoms. The number of esters is 1. The molecule has 0 fully saturated rings. The number of fused-ring (bicyclic) bond motifs is 1. The van der Waals surface area contributed by atoms with E-state index in [0.29, 0.717) is 26.3 Å². The van der Waals surface area contributed by atoms with Crippen LogP contribution in [0.3, 0.4) is 0 Å². The van der Waals surface area contributed by atoms with Gasteiger partial charge in [-0.1, -0.05) is 6.07 Å². The van der Waals surface area contributed by atoms with Crippen molar-refractivity contribution in [3.8, 4) is 0 Å². The lowest BCUT2D eigenvalue weighted by molar-refractivity contribution is -0.116. The molecule has 1 aromatic carbocycles. The van der Waals surface area contributed by atoms with Gasteiger partial charge in [0, 0.05) is 10.6 Å². The third kappa shape index (κ3) is 4.10. The molecule has 9 heteroatoms. The molecule has 0 saturated carbocycles. The molecule has 3 aromatic rings. The van der Waals surface area contributed by atoms with Crippen LogP contribution >= 0.6 is 23.1 Å². The Morgan fingerprint density at radius 2 is 2.14 bits per heavy atom.